The van der Waals surface area contributed by atoms with Crippen LogP contribution in [0.1, 0.15) is 59.5 Å². The summed E-state index contributed by atoms with van der Waals surface area (Å²) in [6, 6.07) is 18.1. The van der Waals surface area contributed by atoms with Crippen molar-refractivity contribution in [2.75, 3.05) is 32.7 Å². The summed E-state index contributed by atoms with van der Waals surface area (Å²) in [5, 5.41) is 6.79. The van der Waals surface area contributed by atoms with E-state index in [1.807, 2.05) is 12.1 Å². The highest BCUT2D eigenvalue weighted by Crippen LogP contribution is 2.40. The average Bonchev–Trinajstić information content (AvgIpc) is 3.84. The predicted octanol–water partition coefficient (Wildman–Crippen LogP) is 3.78. The van der Waals surface area contributed by atoms with Crippen LogP contribution in [0, 0.1) is 6.92 Å². The number of hydrogen-bond acceptors (Lipinski definition) is 6. The molecular weight excluding hydrogens is 512 g/mol. The van der Waals surface area contributed by atoms with E-state index in [4.69, 9.17) is 0 Å². The van der Waals surface area contributed by atoms with Gasteiger partial charge >= 0.3 is 0 Å². The fourth-order valence-electron chi connectivity index (χ4n) is 6.29. The number of carbonyl (C=O) groups excluding carboxylic acids is 2. The predicted molar refractivity (Wildman–Crippen MR) is 159 cm³/mol. The molecule has 4 heterocycles. The van der Waals surface area contributed by atoms with Crippen molar-refractivity contribution in [2.45, 2.75) is 63.1 Å². The second-order valence-electron chi connectivity index (χ2n) is 11.7. The van der Waals surface area contributed by atoms with Crippen LogP contribution >= 0.6 is 0 Å². The second-order valence-corrected chi connectivity index (χ2v) is 11.7. The maximum absolute atomic E-state index is 13.9. The molecule has 2 aromatic carbocycles. The molecule has 1 aliphatic carbocycles. The number of rotatable bonds is 10. The molecule has 8 nitrogen and oxygen atoms in total. The Morgan fingerprint density at radius 1 is 0.951 bits per heavy atom. The fourth-order valence-corrected chi connectivity index (χ4v) is 6.29. The van der Waals surface area contributed by atoms with Crippen molar-refractivity contribution in [1.29, 1.82) is 0 Å². The third-order valence-corrected chi connectivity index (χ3v) is 8.88. The molecule has 4 fully saturated rings. The second kappa shape index (κ2) is 12.5. The summed E-state index contributed by atoms with van der Waals surface area (Å²) in [6.45, 7) is 6.70. The monoisotopic (exact) mass is 552 g/mol. The first-order chi connectivity index (χ1) is 20.0. The largest absolute Gasteiger partial charge is 0.340 e. The van der Waals surface area contributed by atoms with Crippen LogP contribution < -0.4 is 10.6 Å². The van der Waals surface area contributed by atoms with Gasteiger partial charge in [-0.25, -0.2) is 9.97 Å². The molecule has 0 radical (unpaired) electrons. The lowest BCUT2D eigenvalue weighted by molar-refractivity contribution is -0.135. The zero-order chi connectivity index (χ0) is 28.2. The van der Waals surface area contributed by atoms with E-state index in [9.17, 15) is 9.59 Å². The number of benzene rings is 2. The van der Waals surface area contributed by atoms with Gasteiger partial charge in [-0.15, -0.1) is 0 Å². The number of nitrogens with one attached hydrogen (secondary N) is 2. The average molecular weight is 553 g/mol. The Hall–Kier alpha value is -3.62. The fraction of sp³-hybridized carbons (Fsp3) is 0.455. The van der Waals surface area contributed by atoms with Gasteiger partial charge in [0.1, 0.15) is 6.04 Å². The van der Waals surface area contributed by atoms with Gasteiger partial charge in [-0.05, 0) is 69.3 Å². The van der Waals surface area contributed by atoms with E-state index in [1.54, 1.807) is 30.6 Å². The van der Waals surface area contributed by atoms with E-state index in [0.717, 1.165) is 64.0 Å². The summed E-state index contributed by atoms with van der Waals surface area (Å²) in [4.78, 5) is 40.3. The molecule has 1 aromatic heterocycles. The highest BCUT2D eigenvalue weighted by atomic mass is 16.2. The molecular formula is C33H40N6O2. The van der Waals surface area contributed by atoms with Crippen molar-refractivity contribution < 1.29 is 9.59 Å². The summed E-state index contributed by atoms with van der Waals surface area (Å²) in [5.41, 5.74) is 4.06. The van der Waals surface area contributed by atoms with Gasteiger partial charge in [0.2, 0.25) is 5.91 Å². The third kappa shape index (κ3) is 6.66. The molecule has 3 atom stereocenters. The van der Waals surface area contributed by atoms with E-state index < -0.39 is 6.04 Å². The molecule has 4 aliphatic rings. The van der Waals surface area contributed by atoms with E-state index >= 15 is 0 Å². The number of nitrogens with zero attached hydrogens (tertiary/aromatic N) is 4. The summed E-state index contributed by atoms with van der Waals surface area (Å²) in [7, 11) is 0. The molecule has 8 heteroatoms. The number of aromatic nitrogens is 2. The first kappa shape index (κ1) is 27.5. The summed E-state index contributed by atoms with van der Waals surface area (Å²) >= 11 is 0. The number of piperidine rings is 1. The molecule has 0 unspecified atom stereocenters. The maximum atomic E-state index is 13.9. The van der Waals surface area contributed by atoms with E-state index in [1.165, 1.54) is 11.1 Å². The van der Waals surface area contributed by atoms with E-state index in [0.29, 0.717) is 29.8 Å². The molecule has 3 saturated heterocycles. The number of amides is 2. The lowest BCUT2D eigenvalue weighted by Gasteiger charge is -2.34. The molecule has 0 spiro atoms. The number of hydrogen-bond donors (Lipinski definition) is 2. The number of aryl methyl sites for hydroxylation is 1. The summed E-state index contributed by atoms with van der Waals surface area (Å²) < 4.78 is 0. The van der Waals surface area contributed by atoms with Gasteiger partial charge in [0.15, 0.2) is 5.82 Å². The Labute approximate surface area is 242 Å². The normalized spacial score (nSPS) is 24.0. The molecule has 214 valence electrons. The van der Waals surface area contributed by atoms with Crippen molar-refractivity contribution in [1.82, 2.24) is 30.4 Å². The Bertz CT molecular complexity index is 1320. The van der Waals surface area contributed by atoms with Crippen molar-refractivity contribution in [2.24, 2.45) is 0 Å². The minimum Gasteiger partial charge on any atom is -0.340 e. The van der Waals surface area contributed by atoms with E-state index in [2.05, 4.69) is 61.6 Å². The van der Waals surface area contributed by atoms with Crippen molar-refractivity contribution >= 4 is 11.8 Å². The summed E-state index contributed by atoms with van der Waals surface area (Å²) in [6.07, 6.45) is 8.01. The van der Waals surface area contributed by atoms with Gasteiger partial charge in [-0.3, -0.25) is 9.59 Å². The molecule has 2 N–H and O–H groups in total. The number of carbonyl (C=O) groups is 2. The minimum absolute atomic E-state index is 0.0605. The summed E-state index contributed by atoms with van der Waals surface area (Å²) in [5.74, 6) is 1.03. The van der Waals surface area contributed by atoms with Gasteiger partial charge in [0, 0.05) is 67.7 Å². The van der Waals surface area contributed by atoms with Crippen LogP contribution in [0.4, 0.5) is 0 Å². The van der Waals surface area contributed by atoms with Crippen LogP contribution in [0.5, 0.6) is 0 Å². The molecule has 3 aromatic rings. The van der Waals surface area contributed by atoms with Crippen molar-refractivity contribution in [3.05, 3.63) is 83.7 Å². The van der Waals surface area contributed by atoms with Gasteiger partial charge in [0.05, 0.1) is 0 Å². The number of fused-ring (bicyclic) bond motifs is 4. The van der Waals surface area contributed by atoms with Crippen LogP contribution in [-0.2, 0) is 4.79 Å². The zero-order valence-corrected chi connectivity index (χ0v) is 23.8. The standard InChI is InChI=1S/C33H40N6O2/c1-23-5-7-24(8-6-23)28-22-30(28)34-15-2-4-29(33(41)39-21-20-38-18-13-27(39)14-19-38)37-32(40)26-11-9-25(10-12-26)31-35-16-3-17-36-31/h3,5-12,16-17,27-30,34H,2,4,13-15,18-22H2,1H3,(H,37,40)/t28-,29-,30+/m0/s1. The Morgan fingerprint density at radius 2 is 1.68 bits per heavy atom. The Kier molecular flexibility index (Phi) is 8.39. The van der Waals surface area contributed by atoms with Gasteiger partial charge in [-0.2, -0.15) is 0 Å². The van der Waals surface area contributed by atoms with Crippen LogP contribution in [0.2, 0.25) is 0 Å². The zero-order valence-electron chi connectivity index (χ0n) is 23.8. The van der Waals surface area contributed by atoms with Crippen molar-refractivity contribution in [3.8, 4) is 11.4 Å². The topological polar surface area (TPSA) is 90.5 Å². The molecule has 2 amide bonds. The Morgan fingerprint density at radius 3 is 2.41 bits per heavy atom. The molecule has 41 heavy (non-hydrogen) atoms. The van der Waals surface area contributed by atoms with E-state index in [-0.39, 0.29) is 17.9 Å². The highest BCUT2D eigenvalue weighted by Gasteiger charge is 2.38. The minimum atomic E-state index is -0.541. The first-order valence-electron chi connectivity index (χ1n) is 15.1. The van der Waals surface area contributed by atoms with Gasteiger partial charge in [-0.1, -0.05) is 42.0 Å². The van der Waals surface area contributed by atoms with Crippen LogP contribution in [0.3, 0.4) is 0 Å². The van der Waals surface area contributed by atoms with Crippen molar-refractivity contribution in [3.63, 3.8) is 0 Å². The lowest BCUT2D eigenvalue weighted by atomic mass is 10.0. The third-order valence-electron chi connectivity index (χ3n) is 8.88. The van der Waals surface area contributed by atoms with Gasteiger partial charge in [0.25, 0.3) is 5.91 Å². The first-order valence-corrected chi connectivity index (χ1v) is 15.1. The maximum Gasteiger partial charge on any atom is 0.251 e. The van der Waals surface area contributed by atoms with Gasteiger partial charge < -0.3 is 20.4 Å². The molecule has 7 rings (SSSR count). The molecule has 2 bridgehead atoms. The Balaban J connectivity index is 1.08. The lowest BCUT2D eigenvalue weighted by Crippen LogP contribution is -2.52. The van der Waals surface area contributed by atoms with Crippen LogP contribution in [0.25, 0.3) is 11.4 Å². The molecule has 3 aliphatic heterocycles. The smallest absolute Gasteiger partial charge is 0.251 e. The molecule has 1 saturated carbocycles. The highest BCUT2D eigenvalue weighted by molar-refractivity contribution is 5.97. The van der Waals surface area contributed by atoms with Crippen LogP contribution in [-0.4, -0.2) is 82.4 Å². The van der Waals surface area contributed by atoms with Crippen LogP contribution in [0.15, 0.2) is 67.0 Å². The quantitative estimate of drug-likeness (QED) is 0.372. The SMILES string of the molecule is Cc1ccc([C@@H]2C[C@H]2NCCC[C@H](NC(=O)c2ccc(-c3ncccn3)cc2)C(=O)N2CCN3CCC2CC3)cc1.